The SMILES string of the molecule is CN(C)CCCCN(C(=O)O)c1oc(-c2cc(Cl)cc(Cl)c2Cl)nc1C#N.Cl. The van der Waals surface area contributed by atoms with Crippen LogP contribution in [0.25, 0.3) is 11.5 Å². The summed E-state index contributed by atoms with van der Waals surface area (Å²) in [5.41, 5.74) is 0.113. The Hall–Kier alpha value is -1.69. The first kappa shape index (κ1) is 24.3. The molecule has 2 rings (SSSR count). The molecular formula is C17H18Cl4N4O3. The summed E-state index contributed by atoms with van der Waals surface area (Å²) < 4.78 is 5.58. The van der Waals surface area contributed by atoms with Crippen LogP contribution in [0.3, 0.4) is 0 Å². The van der Waals surface area contributed by atoms with Crippen molar-refractivity contribution in [3.63, 3.8) is 0 Å². The van der Waals surface area contributed by atoms with E-state index in [0.717, 1.165) is 17.9 Å². The van der Waals surface area contributed by atoms with Gasteiger partial charge in [-0.25, -0.2) is 9.69 Å². The minimum Gasteiger partial charge on any atom is -0.465 e. The van der Waals surface area contributed by atoms with Crippen LogP contribution in [0.5, 0.6) is 0 Å². The van der Waals surface area contributed by atoms with Gasteiger partial charge in [0, 0.05) is 11.6 Å². The number of hydrogen-bond acceptors (Lipinski definition) is 5. The maximum absolute atomic E-state index is 11.7. The Morgan fingerprint density at radius 3 is 2.46 bits per heavy atom. The quantitative estimate of drug-likeness (QED) is 0.431. The molecule has 0 saturated carbocycles. The molecule has 0 unspecified atom stereocenters. The normalized spacial score (nSPS) is 10.5. The molecule has 1 amide bonds. The van der Waals surface area contributed by atoms with Crippen LogP contribution in [0, 0.1) is 11.3 Å². The molecule has 0 saturated heterocycles. The smallest absolute Gasteiger partial charge is 0.414 e. The lowest BCUT2D eigenvalue weighted by molar-refractivity contribution is 0.200. The fourth-order valence-corrected chi connectivity index (χ4v) is 3.06. The molecule has 0 aliphatic heterocycles. The number of anilines is 1. The highest BCUT2D eigenvalue weighted by molar-refractivity contribution is 6.44. The standard InChI is InChI=1S/C17H17Cl3N4O3.ClH/c1-23(2)5-3-4-6-24(17(25)26)16-13(9-21)22-15(27-16)11-7-10(18)8-12(19)14(11)20;/h7-8H,3-6H2,1-2H3,(H,25,26);1H. The van der Waals surface area contributed by atoms with Crippen molar-refractivity contribution in [2.24, 2.45) is 0 Å². The first-order valence-corrected chi connectivity index (χ1v) is 9.09. The number of unbranched alkanes of at least 4 members (excludes halogenated alkanes) is 1. The van der Waals surface area contributed by atoms with Gasteiger partial charge in [0.05, 0.1) is 15.6 Å². The monoisotopic (exact) mass is 466 g/mol. The number of carbonyl (C=O) groups is 1. The number of nitrogens with zero attached hydrogens (tertiary/aromatic N) is 4. The van der Waals surface area contributed by atoms with Crippen LogP contribution in [0.1, 0.15) is 18.5 Å². The summed E-state index contributed by atoms with van der Waals surface area (Å²) in [7, 11) is 3.87. The summed E-state index contributed by atoms with van der Waals surface area (Å²) in [6.45, 7) is 0.980. The van der Waals surface area contributed by atoms with Crippen LogP contribution in [0.4, 0.5) is 10.7 Å². The zero-order valence-corrected chi connectivity index (χ0v) is 18.2. The van der Waals surface area contributed by atoms with Gasteiger partial charge in [-0.05, 0) is 45.6 Å². The molecule has 0 radical (unpaired) electrons. The zero-order chi connectivity index (χ0) is 20.1. The van der Waals surface area contributed by atoms with Crippen molar-refractivity contribution in [3.8, 4) is 17.5 Å². The van der Waals surface area contributed by atoms with Crippen molar-refractivity contribution in [2.75, 3.05) is 32.1 Å². The summed E-state index contributed by atoms with van der Waals surface area (Å²) in [6, 6.07) is 4.79. The Bertz CT molecular complexity index is 880. The van der Waals surface area contributed by atoms with Crippen molar-refractivity contribution in [2.45, 2.75) is 12.8 Å². The first-order chi connectivity index (χ1) is 12.7. The minimum atomic E-state index is -1.24. The maximum atomic E-state index is 11.7. The van der Waals surface area contributed by atoms with Gasteiger partial charge in [0.25, 0.3) is 0 Å². The van der Waals surface area contributed by atoms with Crippen molar-refractivity contribution in [3.05, 3.63) is 32.9 Å². The van der Waals surface area contributed by atoms with Gasteiger partial charge in [0.15, 0.2) is 0 Å². The van der Waals surface area contributed by atoms with Gasteiger partial charge in [0.1, 0.15) is 6.07 Å². The third-order valence-electron chi connectivity index (χ3n) is 3.65. The fourth-order valence-electron chi connectivity index (χ4n) is 2.38. The summed E-state index contributed by atoms with van der Waals surface area (Å²) in [6.07, 6.45) is 0.138. The Labute approximate surface area is 183 Å². The van der Waals surface area contributed by atoms with Gasteiger partial charge in [-0.15, -0.1) is 12.4 Å². The second-order valence-electron chi connectivity index (χ2n) is 5.98. The molecule has 1 heterocycles. The molecule has 0 fully saturated rings. The van der Waals surface area contributed by atoms with Crippen LogP contribution >= 0.6 is 47.2 Å². The number of aromatic nitrogens is 1. The number of amides is 1. The molecule has 28 heavy (non-hydrogen) atoms. The summed E-state index contributed by atoms with van der Waals surface area (Å²) in [5, 5.41) is 19.5. The van der Waals surface area contributed by atoms with Crippen LogP contribution in [0.15, 0.2) is 16.5 Å². The summed E-state index contributed by atoms with van der Waals surface area (Å²) in [5.74, 6) is -0.187. The van der Waals surface area contributed by atoms with Gasteiger partial charge in [-0.3, -0.25) is 0 Å². The predicted octanol–water partition coefficient (Wildman–Crippen LogP) is 5.42. The maximum Gasteiger partial charge on any atom is 0.414 e. The Balaban J connectivity index is 0.00000392. The molecule has 0 bridgehead atoms. The Morgan fingerprint density at radius 1 is 1.25 bits per heavy atom. The lowest BCUT2D eigenvalue weighted by Gasteiger charge is -2.16. The summed E-state index contributed by atoms with van der Waals surface area (Å²) in [4.78, 5) is 18.7. The predicted molar refractivity (Wildman–Crippen MR) is 112 cm³/mol. The molecular weight excluding hydrogens is 450 g/mol. The van der Waals surface area contributed by atoms with E-state index in [1.807, 2.05) is 25.1 Å². The van der Waals surface area contributed by atoms with Gasteiger partial charge in [-0.2, -0.15) is 10.2 Å². The number of oxazole rings is 1. The molecule has 0 aliphatic rings. The number of nitriles is 1. The van der Waals surface area contributed by atoms with Gasteiger partial charge < -0.3 is 14.4 Å². The van der Waals surface area contributed by atoms with E-state index < -0.39 is 6.09 Å². The van der Waals surface area contributed by atoms with Crippen LogP contribution in [0.2, 0.25) is 15.1 Å². The molecule has 1 aromatic heterocycles. The molecule has 1 N–H and O–H groups in total. The number of hydrogen-bond donors (Lipinski definition) is 1. The molecule has 7 nitrogen and oxygen atoms in total. The topological polar surface area (TPSA) is 93.6 Å². The average Bonchev–Trinajstić information content (AvgIpc) is 3.01. The highest BCUT2D eigenvalue weighted by Crippen LogP contribution is 2.38. The fraction of sp³-hybridized carbons (Fsp3) is 0.353. The van der Waals surface area contributed by atoms with Crippen LogP contribution < -0.4 is 4.90 Å². The number of rotatable bonds is 7. The van der Waals surface area contributed by atoms with E-state index in [-0.39, 0.29) is 52.0 Å². The van der Waals surface area contributed by atoms with Crippen LogP contribution in [-0.2, 0) is 0 Å². The largest absolute Gasteiger partial charge is 0.465 e. The number of halogens is 4. The van der Waals surface area contributed by atoms with E-state index in [9.17, 15) is 15.2 Å². The Morgan fingerprint density at radius 2 is 1.89 bits per heavy atom. The molecule has 1 aromatic carbocycles. The molecule has 2 aromatic rings. The van der Waals surface area contributed by atoms with Gasteiger partial charge in [-0.1, -0.05) is 34.8 Å². The molecule has 0 spiro atoms. The van der Waals surface area contributed by atoms with E-state index in [4.69, 9.17) is 39.2 Å². The van der Waals surface area contributed by atoms with E-state index >= 15 is 0 Å². The van der Waals surface area contributed by atoms with Gasteiger partial charge in [0.2, 0.25) is 17.5 Å². The minimum absolute atomic E-state index is 0. The van der Waals surface area contributed by atoms with E-state index in [1.54, 1.807) is 0 Å². The van der Waals surface area contributed by atoms with Crippen molar-refractivity contribution in [1.29, 1.82) is 5.26 Å². The molecule has 11 heteroatoms. The lowest BCUT2D eigenvalue weighted by Crippen LogP contribution is -2.31. The number of carboxylic acid groups (broad SMARTS) is 1. The second-order valence-corrected chi connectivity index (χ2v) is 7.20. The highest BCUT2D eigenvalue weighted by atomic mass is 35.5. The zero-order valence-electron chi connectivity index (χ0n) is 15.1. The van der Waals surface area contributed by atoms with Crippen molar-refractivity contribution >= 4 is 59.2 Å². The van der Waals surface area contributed by atoms with Crippen molar-refractivity contribution < 1.29 is 14.3 Å². The first-order valence-electron chi connectivity index (χ1n) is 7.95. The Kier molecular flexibility index (Phi) is 9.34. The third kappa shape index (κ3) is 5.90. The third-order valence-corrected chi connectivity index (χ3v) is 4.67. The number of benzene rings is 1. The average molecular weight is 468 g/mol. The van der Waals surface area contributed by atoms with E-state index in [0.29, 0.717) is 11.4 Å². The van der Waals surface area contributed by atoms with Crippen LogP contribution in [-0.4, -0.2) is 48.3 Å². The molecule has 0 aliphatic carbocycles. The van der Waals surface area contributed by atoms with E-state index in [1.165, 1.54) is 12.1 Å². The molecule has 152 valence electrons. The highest BCUT2D eigenvalue weighted by Gasteiger charge is 2.26. The van der Waals surface area contributed by atoms with E-state index in [2.05, 4.69) is 4.98 Å². The lowest BCUT2D eigenvalue weighted by atomic mass is 10.2. The summed E-state index contributed by atoms with van der Waals surface area (Å²) >= 11 is 18.2. The van der Waals surface area contributed by atoms with Gasteiger partial charge >= 0.3 is 6.09 Å². The van der Waals surface area contributed by atoms with Crippen molar-refractivity contribution in [1.82, 2.24) is 9.88 Å². The molecule has 0 atom stereocenters. The second kappa shape index (κ2) is 10.7.